The van der Waals surface area contributed by atoms with Gasteiger partial charge in [-0.1, -0.05) is 19.1 Å². The quantitative estimate of drug-likeness (QED) is 0.294. The number of hydrogen-bond donors (Lipinski definition) is 2. The molecule has 0 aromatic heterocycles. The summed E-state index contributed by atoms with van der Waals surface area (Å²) in [5.74, 6) is 2.09. The fourth-order valence-electron chi connectivity index (χ4n) is 3.30. The average Bonchev–Trinajstić information content (AvgIpc) is 2.69. The molecule has 2 rings (SSSR count). The molecule has 0 bridgehead atoms. The summed E-state index contributed by atoms with van der Waals surface area (Å²) in [7, 11) is -1.32. The first-order chi connectivity index (χ1) is 13.7. The van der Waals surface area contributed by atoms with E-state index in [-0.39, 0.29) is 30.1 Å². The summed E-state index contributed by atoms with van der Waals surface area (Å²) < 4.78 is 30.9. The van der Waals surface area contributed by atoms with Gasteiger partial charge in [-0.2, -0.15) is 0 Å². The Morgan fingerprint density at radius 3 is 2.53 bits per heavy atom. The number of halogens is 1. The van der Waals surface area contributed by atoms with E-state index in [0.29, 0.717) is 25.6 Å². The Hall–Kier alpha value is -1.07. The van der Waals surface area contributed by atoms with E-state index in [0.717, 1.165) is 43.1 Å². The van der Waals surface area contributed by atoms with Crippen molar-refractivity contribution in [2.75, 3.05) is 32.9 Å². The molecule has 9 heteroatoms. The van der Waals surface area contributed by atoms with Crippen LogP contribution in [-0.2, 0) is 16.6 Å². The monoisotopic (exact) mass is 552 g/mol. The van der Waals surface area contributed by atoms with Gasteiger partial charge < -0.3 is 15.4 Å². The van der Waals surface area contributed by atoms with Crippen LogP contribution in [0.25, 0.3) is 0 Å². The number of hydrogen-bond acceptors (Lipinski definition) is 4. The lowest BCUT2D eigenvalue weighted by atomic mass is 9.98. The molecule has 30 heavy (non-hydrogen) atoms. The normalized spacial score (nSPS) is 17.2. The van der Waals surface area contributed by atoms with Crippen molar-refractivity contribution in [2.24, 2.45) is 10.9 Å². The molecule has 0 saturated carbocycles. The van der Waals surface area contributed by atoms with Gasteiger partial charge in [-0.3, -0.25) is 4.99 Å². The molecule has 1 atom stereocenters. The van der Waals surface area contributed by atoms with Crippen molar-refractivity contribution in [1.29, 1.82) is 0 Å². The minimum atomic E-state index is -3.08. The fourth-order valence-corrected chi connectivity index (χ4v) is 4.18. The van der Waals surface area contributed by atoms with E-state index in [1.807, 2.05) is 0 Å². The Balaban J connectivity index is 0.00000450. The van der Waals surface area contributed by atoms with Gasteiger partial charge >= 0.3 is 0 Å². The van der Waals surface area contributed by atoms with Crippen molar-refractivity contribution in [3.05, 3.63) is 29.3 Å². The van der Waals surface area contributed by atoms with Crippen LogP contribution in [-0.4, -0.2) is 57.7 Å². The van der Waals surface area contributed by atoms with E-state index in [9.17, 15) is 8.42 Å². The lowest BCUT2D eigenvalue weighted by molar-refractivity contribution is 0.215. The Kier molecular flexibility index (Phi) is 11.4. The van der Waals surface area contributed by atoms with E-state index in [2.05, 4.69) is 54.6 Å². The van der Waals surface area contributed by atoms with Crippen molar-refractivity contribution < 1.29 is 13.2 Å². The summed E-state index contributed by atoms with van der Waals surface area (Å²) in [6.45, 7) is 8.85. The molecule has 7 nitrogen and oxygen atoms in total. The van der Waals surface area contributed by atoms with Crippen molar-refractivity contribution in [3.8, 4) is 5.75 Å². The van der Waals surface area contributed by atoms with Gasteiger partial charge in [0.25, 0.3) is 0 Å². The van der Waals surface area contributed by atoms with Crippen LogP contribution >= 0.6 is 24.0 Å². The SMILES string of the molecule is CCC(C)Oc1cc(C)ccc1CNC(=NC)NCC1CCN(S(C)(=O)=O)CC1.I. The topological polar surface area (TPSA) is 83.0 Å². The highest BCUT2D eigenvalue weighted by Crippen LogP contribution is 2.22. The number of nitrogens with one attached hydrogen (secondary N) is 2. The summed E-state index contributed by atoms with van der Waals surface area (Å²) in [5.41, 5.74) is 2.27. The highest BCUT2D eigenvalue weighted by atomic mass is 127. The van der Waals surface area contributed by atoms with Crippen LogP contribution in [0.3, 0.4) is 0 Å². The van der Waals surface area contributed by atoms with Crippen molar-refractivity contribution >= 4 is 40.0 Å². The molecule has 1 aliphatic rings. The lowest BCUT2D eigenvalue weighted by Crippen LogP contribution is -2.43. The molecule has 1 aromatic carbocycles. The molecule has 1 aromatic rings. The van der Waals surface area contributed by atoms with Crippen LogP contribution in [0.5, 0.6) is 5.75 Å². The average molecular weight is 553 g/mol. The molecule has 1 heterocycles. The van der Waals surface area contributed by atoms with Crippen LogP contribution in [0.15, 0.2) is 23.2 Å². The van der Waals surface area contributed by atoms with Gasteiger partial charge in [-0.15, -0.1) is 24.0 Å². The highest BCUT2D eigenvalue weighted by Gasteiger charge is 2.24. The van der Waals surface area contributed by atoms with Gasteiger partial charge in [0.2, 0.25) is 10.0 Å². The molecule has 1 fully saturated rings. The van der Waals surface area contributed by atoms with Gasteiger partial charge in [0.1, 0.15) is 5.75 Å². The largest absolute Gasteiger partial charge is 0.490 e. The summed E-state index contributed by atoms with van der Waals surface area (Å²) in [4.78, 5) is 4.31. The van der Waals surface area contributed by atoms with Crippen LogP contribution < -0.4 is 15.4 Å². The van der Waals surface area contributed by atoms with Gasteiger partial charge in [0.05, 0.1) is 12.4 Å². The van der Waals surface area contributed by atoms with E-state index < -0.39 is 10.0 Å². The number of ether oxygens (including phenoxy) is 1. The summed E-state index contributed by atoms with van der Waals surface area (Å²) >= 11 is 0. The van der Waals surface area contributed by atoms with Gasteiger partial charge in [0, 0.05) is 38.8 Å². The van der Waals surface area contributed by atoms with Crippen LogP contribution in [0.4, 0.5) is 0 Å². The number of piperidine rings is 1. The summed E-state index contributed by atoms with van der Waals surface area (Å²) in [6, 6.07) is 6.26. The first kappa shape index (κ1) is 27.0. The number of guanidine groups is 1. The number of nitrogens with zero attached hydrogens (tertiary/aromatic N) is 2. The van der Waals surface area contributed by atoms with Crippen molar-refractivity contribution in [1.82, 2.24) is 14.9 Å². The first-order valence-electron chi connectivity index (χ1n) is 10.4. The maximum absolute atomic E-state index is 11.6. The zero-order valence-electron chi connectivity index (χ0n) is 18.8. The lowest BCUT2D eigenvalue weighted by Gasteiger charge is -2.30. The zero-order chi connectivity index (χ0) is 21.4. The third kappa shape index (κ3) is 8.58. The Labute approximate surface area is 199 Å². The van der Waals surface area contributed by atoms with Crippen LogP contribution in [0.1, 0.15) is 44.2 Å². The van der Waals surface area contributed by atoms with Crippen LogP contribution in [0.2, 0.25) is 0 Å². The maximum atomic E-state index is 11.6. The molecule has 0 spiro atoms. The molecule has 172 valence electrons. The second kappa shape index (κ2) is 12.7. The molecule has 1 saturated heterocycles. The molecular weight excluding hydrogens is 515 g/mol. The number of aryl methyl sites for hydroxylation is 1. The van der Waals surface area contributed by atoms with E-state index in [1.54, 1.807) is 11.4 Å². The van der Waals surface area contributed by atoms with E-state index in [1.165, 1.54) is 11.8 Å². The molecule has 0 amide bonds. The van der Waals surface area contributed by atoms with Crippen molar-refractivity contribution in [3.63, 3.8) is 0 Å². The second-order valence-corrected chi connectivity index (χ2v) is 9.84. The maximum Gasteiger partial charge on any atom is 0.211 e. The minimum Gasteiger partial charge on any atom is -0.490 e. The van der Waals surface area contributed by atoms with E-state index >= 15 is 0 Å². The third-order valence-corrected chi connectivity index (χ3v) is 6.70. The summed E-state index contributed by atoms with van der Waals surface area (Å²) in [6.07, 6.45) is 4.14. The Morgan fingerprint density at radius 1 is 1.30 bits per heavy atom. The number of benzene rings is 1. The predicted octanol–water partition coefficient (Wildman–Crippen LogP) is 3.13. The Bertz CT molecular complexity index is 793. The minimum absolute atomic E-state index is 0. The second-order valence-electron chi connectivity index (χ2n) is 7.86. The highest BCUT2D eigenvalue weighted by molar-refractivity contribution is 14.0. The number of sulfonamides is 1. The number of aliphatic imine (C=N–C) groups is 1. The molecule has 2 N–H and O–H groups in total. The molecule has 1 unspecified atom stereocenters. The standard InChI is InChI=1S/C21H36N4O3S.HI/c1-6-17(3)28-20-13-16(2)7-8-19(20)15-24-21(22-4)23-14-18-9-11-25(12-10-18)29(5,26)27;/h7-8,13,17-18H,6,9-12,14-15H2,1-5H3,(H2,22,23,24);1H. The smallest absolute Gasteiger partial charge is 0.211 e. The predicted molar refractivity (Wildman–Crippen MR) is 134 cm³/mol. The van der Waals surface area contributed by atoms with Gasteiger partial charge in [-0.25, -0.2) is 12.7 Å². The van der Waals surface area contributed by atoms with Gasteiger partial charge in [0.15, 0.2) is 5.96 Å². The zero-order valence-corrected chi connectivity index (χ0v) is 21.9. The molecule has 1 aliphatic heterocycles. The summed E-state index contributed by atoms with van der Waals surface area (Å²) in [5, 5.41) is 6.74. The number of rotatable bonds is 8. The van der Waals surface area contributed by atoms with E-state index in [4.69, 9.17) is 4.74 Å². The third-order valence-electron chi connectivity index (χ3n) is 5.40. The molecular formula is C21H37IN4O3S. The Morgan fingerprint density at radius 2 is 1.97 bits per heavy atom. The molecule has 0 aliphatic carbocycles. The fraction of sp³-hybridized carbons (Fsp3) is 0.667. The first-order valence-corrected chi connectivity index (χ1v) is 12.2. The van der Waals surface area contributed by atoms with Gasteiger partial charge in [-0.05, 0) is 50.7 Å². The molecule has 0 radical (unpaired) electrons. The van der Waals surface area contributed by atoms with Crippen molar-refractivity contribution in [2.45, 2.75) is 52.7 Å². The van der Waals surface area contributed by atoms with Crippen LogP contribution in [0, 0.1) is 12.8 Å².